The molecule has 0 radical (unpaired) electrons. The van der Waals surface area contributed by atoms with E-state index in [0.717, 1.165) is 17.7 Å². The smallest absolute Gasteiger partial charge is 0.339 e. The molecule has 0 fully saturated rings. The quantitative estimate of drug-likeness (QED) is 0.596. The number of esters is 1. The third-order valence-electron chi connectivity index (χ3n) is 3.79. The SMILES string of the molecule is C[C@@H](OC(=O)c1cc(F)cc(F)c1)C(=O)c1ccc(C(C)(C)C)cc1. The first kappa shape index (κ1) is 18.8. The minimum absolute atomic E-state index is 0.0406. The maximum Gasteiger partial charge on any atom is 0.339 e. The van der Waals surface area contributed by atoms with Crippen LogP contribution in [0.15, 0.2) is 42.5 Å². The highest BCUT2D eigenvalue weighted by Gasteiger charge is 2.22. The highest BCUT2D eigenvalue weighted by atomic mass is 19.1. The largest absolute Gasteiger partial charge is 0.451 e. The van der Waals surface area contributed by atoms with Gasteiger partial charge in [0.05, 0.1) is 5.56 Å². The summed E-state index contributed by atoms with van der Waals surface area (Å²) in [5.74, 6) is -3.11. The van der Waals surface area contributed by atoms with Gasteiger partial charge < -0.3 is 4.74 Å². The van der Waals surface area contributed by atoms with Gasteiger partial charge in [0.25, 0.3) is 0 Å². The fraction of sp³-hybridized carbons (Fsp3) is 0.300. The van der Waals surface area contributed by atoms with Crippen LogP contribution in [0.1, 0.15) is 54.0 Å². The number of halogens is 2. The molecule has 25 heavy (non-hydrogen) atoms. The number of carbonyl (C=O) groups excluding carboxylic acids is 2. The third-order valence-corrected chi connectivity index (χ3v) is 3.79. The van der Waals surface area contributed by atoms with Crippen molar-refractivity contribution in [1.82, 2.24) is 0 Å². The first-order chi connectivity index (χ1) is 11.6. The standard InChI is InChI=1S/C20H20F2O3/c1-12(25-19(24)14-9-16(21)11-17(22)10-14)18(23)13-5-7-15(8-6-13)20(2,3)4/h5-12H,1-4H3/t12-/m1/s1. The van der Waals surface area contributed by atoms with Crippen LogP contribution in [0.25, 0.3) is 0 Å². The second kappa shape index (κ2) is 7.13. The molecule has 0 aliphatic rings. The monoisotopic (exact) mass is 346 g/mol. The lowest BCUT2D eigenvalue weighted by Crippen LogP contribution is -2.24. The van der Waals surface area contributed by atoms with Gasteiger partial charge in [0.15, 0.2) is 6.10 Å². The van der Waals surface area contributed by atoms with Crippen LogP contribution in [0.2, 0.25) is 0 Å². The molecule has 0 N–H and O–H groups in total. The summed E-state index contributed by atoms with van der Waals surface area (Å²) < 4.78 is 31.4. The van der Waals surface area contributed by atoms with Crippen LogP contribution in [-0.4, -0.2) is 17.9 Å². The number of benzene rings is 2. The Morgan fingerprint density at radius 1 is 0.920 bits per heavy atom. The zero-order chi connectivity index (χ0) is 18.8. The van der Waals surface area contributed by atoms with Crippen molar-refractivity contribution in [2.45, 2.75) is 39.2 Å². The fourth-order valence-corrected chi connectivity index (χ4v) is 2.32. The Labute approximate surface area is 145 Å². The number of ketones is 1. The van der Waals surface area contributed by atoms with Crippen molar-refractivity contribution in [1.29, 1.82) is 0 Å². The van der Waals surface area contributed by atoms with E-state index in [9.17, 15) is 18.4 Å². The molecule has 0 saturated heterocycles. The van der Waals surface area contributed by atoms with Gasteiger partial charge in [0.2, 0.25) is 5.78 Å². The Balaban J connectivity index is 2.10. The molecule has 2 rings (SSSR count). The number of ether oxygens (including phenoxy) is 1. The summed E-state index contributed by atoms with van der Waals surface area (Å²) in [5.41, 5.74) is 1.16. The van der Waals surface area contributed by atoms with E-state index >= 15 is 0 Å². The van der Waals surface area contributed by atoms with Gasteiger partial charge in [-0.15, -0.1) is 0 Å². The molecule has 0 amide bonds. The first-order valence-corrected chi connectivity index (χ1v) is 7.90. The number of carbonyl (C=O) groups is 2. The van der Waals surface area contributed by atoms with Crippen LogP contribution in [0, 0.1) is 11.6 Å². The molecule has 2 aromatic carbocycles. The van der Waals surface area contributed by atoms with Gasteiger partial charge in [-0.1, -0.05) is 45.0 Å². The molecule has 0 aliphatic carbocycles. The van der Waals surface area contributed by atoms with E-state index in [2.05, 4.69) is 20.8 Å². The van der Waals surface area contributed by atoms with Gasteiger partial charge >= 0.3 is 5.97 Å². The van der Waals surface area contributed by atoms with Gasteiger partial charge in [0, 0.05) is 11.6 Å². The van der Waals surface area contributed by atoms with Crippen LogP contribution >= 0.6 is 0 Å². The van der Waals surface area contributed by atoms with Crippen LogP contribution < -0.4 is 0 Å². The predicted molar refractivity (Wildman–Crippen MR) is 90.7 cm³/mol. The topological polar surface area (TPSA) is 43.4 Å². The van der Waals surface area contributed by atoms with E-state index < -0.39 is 23.7 Å². The summed E-state index contributed by atoms with van der Waals surface area (Å²) in [6.45, 7) is 7.61. The Morgan fingerprint density at radius 3 is 1.92 bits per heavy atom. The molecule has 2 aromatic rings. The van der Waals surface area contributed by atoms with E-state index in [1.165, 1.54) is 6.92 Å². The van der Waals surface area contributed by atoms with Crippen LogP contribution in [0.4, 0.5) is 8.78 Å². The van der Waals surface area contributed by atoms with E-state index in [1.54, 1.807) is 12.1 Å². The molecular formula is C20H20F2O3. The Morgan fingerprint density at radius 2 is 1.44 bits per heavy atom. The molecule has 0 spiro atoms. The Bertz CT molecular complexity index is 769. The molecule has 3 nitrogen and oxygen atoms in total. The maximum absolute atomic E-state index is 13.2. The zero-order valence-corrected chi connectivity index (χ0v) is 14.6. The molecule has 0 bridgehead atoms. The van der Waals surface area contributed by atoms with Gasteiger partial charge in [-0.05, 0) is 30.0 Å². The van der Waals surface area contributed by atoms with Gasteiger partial charge in [-0.2, -0.15) is 0 Å². The van der Waals surface area contributed by atoms with Gasteiger partial charge in [-0.3, -0.25) is 4.79 Å². The Hall–Kier alpha value is -2.56. The van der Waals surface area contributed by atoms with Crippen LogP contribution in [0.5, 0.6) is 0 Å². The molecule has 0 saturated carbocycles. The molecule has 1 atom stereocenters. The third kappa shape index (κ3) is 4.72. The summed E-state index contributed by atoms with van der Waals surface area (Å²) in [7, 11) is 0. The second-order valence-corrected chi connectivity index (χ2v) is 6.90. The molecule has 132 valence electrons. The average Bonchev–Trinajstić information content (AvgIpc) is 2.52. The summed E-state index contributed by atoms with van der Waals surface area (Å²) in [4.78, 5) is 24.4. The van der Waals surface area contributed by atoms with Crippen molar-refractivity contribution < 1.29 is 23.1 Å². The van der Waals surface area contributed by atoms with Crippen molar-refractivity contribution in [2.24, 2.45) is 0 Å². The van der Waals surface area contributed by atoms with Crippen molar-refractivity contribution >= 4 is 11.8 Å². The lowest BCUT2D eigenvalue weighted by atomic mass is 9.86. The van der Waals surface area contributed by atoms with Gasteiger partial charge in [-0.25, -0.2) is 13.6 Å². The molecule has 0 aliphatic heterocycles. The van der Waals surface area contributed by atoms with Crippen molar-refractivity contribution in [3.63, 3.8) is 0 Å². The summed E-state index contributed by atoms with van der Waals surface area (Å²) in [6, 6.07) is 9.43. The number of hydrogen-bond acceptors (Lipinski definition) is 3. The van der Waals surface area contributed by atoms with Gasteiger partial charge in [0.1, 0.15) is 11.6 Å². The highest BCUT2D eigenvalue weighted by Crippen LogP contribution is 2.22. The normalized spacial score (nSPS) is 12.6. The lowest BCUT2D eigenvalue weighted by Gasteiger charge is -2.19. The summed E-state index contributed by atoms with van der Waals surface area (Å²) in [6.07, 6.45) is -1.07. The maximum atomic E-state index is 13.2. The van der Waals surface area contributed by atoms with Crippen molar-refractivity contribution in [2.75, 3.05) is 0 Å². The molecular weight excluding hydrogens is 326 g/mol. The van der Waals surface area contributed by atoms with Crippen molar-refractivity contribution in [3.05, 3.63) is 70.8 Å². The summed E-state index contributed by atoms with van der Waals surface area (Å²) in [5, 5.41) is 0. The average molecular weight is 346 g/mol. The van der Waals surface area contributed by atoms with E-state index in [0.29, 0.717) is 11.6 Å². The van der Waals surface area contributed by atoms with Crippen LogP contribution in [0.3, 0.4) is 0 Å². The molecule has 0 heterocycles. The molecule has 5 heteroatoms. The first-order valence-electron chi connectivity index (χ1n) is 7.90. The molecule has 0 unspecified atom stereocenters. The lowest BCUT2D eigenvalue weighted by molar-refractivity contribution is 0.0318. The number of rotatable bonds is 4. The second-order valence-electron chi connectivity index (χ2n) is 6.90. The van der Waals surface area contributed by atoms with Crippen LogP contribution in [-0.2, 0) is 10.2 Å². The van der Waals surface area contributed by atoms with E-state index in [1.807, 2.05) is 12.1 Å². The number of Topliss-reactive ketones (excluding diaryl/α,β-unsaturated/α-hetero) is 1. The minimum Gasteiger partial charge on any atom is -0.451 e. The molecule has 0 aromatic heterocycles. The minimum atomic E-state index is -1.07. The van der Waals surface area contributed by atoms with E-state index in [-0.39, 0.29) is 16.8 Å². The zero-order valence-electron chi connectivity index (χ0n) is 14.6. The van der Waals surface area contributed by atoms with E-state index in [4.69, 9.17) is 4.74 Å². The Kier molecular flexibility index (Phi) is 5.36. The summed E-state index contributed by atoms with van der Waals surface area (Å²) >= 11 is 0. The number of hydrogen-bond donors (Lipinski definition) is 0. The van der Waals surface area contributed by atoms with Crippen molar-refractivity contribution in [3.8, 4) is 0 Å². The highest BCUT2D eigenvalue weighted by molar-refractivity contribution is 6.01. The fourth-order valence-electron chi connectivity index (χ4n) is 2.32. The predicted octanol–water partition coefficient (Wildman–Crippen LogP) is 4.69.